The van der Waals surface area contributed by atoms with Gasteiger partial charge in [-0.15, -0.1) is 0 Å². The predicted octanol–water partition coefficient (Wildman–Crippen LogP) is 3.47. The number of sulfonamides is 1. The number of ether oxygens (including phenoxy) is 2. The number of unbranched alkanes of at least 4 members (excludes halogenated alkanes) is 1. The molecule has 2 aromatic rings. The van der Waals surface area contributed by atoms with E-state index < -0.39 is 15.9 Å². The van der Waals surface area contributed by atoms with Gasteiger partial charge in [0.25, 0.3) is 5.91 Å². The standard InChI is InChI=1S/C20H26N2O5S/c1-4-6-11-27-17-10-8-15(12-18(17)26-5-2)20(23)22-16-9-7-14(3)19(13-16)28(21,24)25/h7-10,12-13H,4-6,11H2,1-3H3,(H,22,23)(H2,21,24,25). The summed E-state index contributed by atoms with van der Waals surface area (Å²) in [4.78, 5) is 12.6. The van der Waals surface area contributed by atoms with Crippen LogP contribution in [0.2, 0.25) is 0 Å². The average molecular weight is 407 g/mol. The number of nitrogens with one attached hydrogen (secondary N) is 1. The molecule has 1 amide bonds. The fourth-order valence-corrected chi connectivity index (χ4v) is 3.36. The van der Waals surface area contributed by atoms with Gasteiger partial charge in [0.15, 0.2) is 11.5 Å². The third-order valence-corrected chi connectivity index (χ3v) is 5.07. The van der Waals surface area contributed by atoms with Crippen molar-refractivity contribution in [2.24, 2.45) is 5.14 Å². The van der Waals surface area contributed by atoms with E-state index in [1.54, 1.807) is 37.3 Å². The topological polar surface area (TPSA) is 108 Å². The van der Waals surface area contributed by atoms with Crippen molar-refractivity contribution in [2.45, 2.75) is 38.5 Å². The number of anilines is 1. The monoisotopic (exact) mass is 406 g/mol. The Kier molecular flexibility index (Phi) is 7.42. The van der Waals surface area contributed by atoms with E-state index in [1.807, 2.05) is 6.92 Å². The zero-order valence-corrected chi connectivity index (χ0v) is 17.1. The number of primary sulfonamides is 1. The molecule has 0 radical (unpaired) electrons. The molecular formula is C20H26N2O5S. The Hall–Kier alpha value is -2.58. The molecule has 3 N–H and O–H groups in total. The number of hydrogen-bond acceptors (Lipinski definition) is 5. The van der Waals surface area contributed by atoms with Crippen LogP contribution in [0.15, 0.2) is 41.3 Å². The quantitative estimate of drug-likeness (QED) is 0.620. The molecule has 0 fully saturated rings. The minimum atomic E-state index is -3.88. The van der Waals surface area contributed by atoms with Gasteiger partial charge >= 0.3 is 0 Å². The van der Waals surface area contributed by atoms with E-state index in [9.17, 15) is 13.2 Å². The van der Waals surface area contributed by atoms with Gasteiger partial charge in [-0.05, 0) is 56.2 Å². The molecule has 0 aliphatic rings. The van der Waals surface area contributed by atoms with Crippen LogP contribution in [0.4, 0.5) is 5.69 Å². The van der Waals surface area contributed by atoms with Gasteiger partial charge in [-0.2, -0.15) is 0 Å². The molecule has 0 saturated carbocycles. The Morgan fingerprint density at radius 2 is 1.82 bits per heavy atom. The minimum Gasteiger partial charge on any atom is -0.490 e. The van der Waals surface area contributed by atoms with Crippen molar-refractivity contribution in [1.82, 2.24) is 0 Å². The zero-order chi connectivity index (χ0) is 20.7. The van der Waals surface area contributed by atoms with Crippen LogP contribution in [0, 0.1) is 6.92 Å². The smallest absolute Gasteiger partial charge is 0.255 e. The first-order valence-electron chi connectivity index (χ1n) is 9.10. The van der Waals surface area contributed by atoms with Gasteiger partial charge in [-0.25, -0.2) is 13.6 Å². The van der Waals surface area contributed by atoms with Gasteiger partial charge in [0.05, 0.1) is 18.1 Å². The van der Waals surface area contributed by atoms with Crippen molar-refractivity contribution in [3.05, 3.63) is 47.5 Å². The number of aryl methyl sites for hydroxylation is 1. The van der Waals surface area contributed by atoms with Crippen molar-refractivity contribution in [3.8, 4) is 11.5 Å². The lowest BCUT2D eigenvalue weighted by atomic mass is 10.1. The number of amides is 1. The Balaban J connectivity index is 2.23. The summed E-state index contributed by atoms with van der Waals surface area (Å²) >= 11 is 0. The molecule has 0 spiro atoms. The first-order chi connectivity index (χ1) is 13.3. The van der Waals surface area contributed by atoms with Gasteiger partial charge in [-0.3, -0.25) is 4.79 Å². The number of nitrogens with two attached hydrogens (primary N) is 1. The molecule has 0 heterocycles. The molecule has 152 valence electrons. The first-order valence-corrected chi connectivity index (χ1v) is 10.6. The third-order valence-electron chi connectivity index (χ3n) is 4.01. The highest BCUT2D eigenvalue weighted by atomic mass is 32.2. The summed E-state index contributed by atoms with van der Waals surface area (Å²) < 4.78 is 34.6. The maximum atomic E-state index is 12.6. The third kappa shape index (κ3) is 5.71. The highest BCUT2D eigenvalue weighted by Gasteiger charge is 2.15. The lowest BCUT2D eigenvalue weighted by Crippen LogP contribution is -2.16. The minimum absolute atomic E-state index is 0.0278. The van der Waals surface area contributed by atoms with E-state index in [0.717, 1.165) is 12.8 Å². The number of hydrogen-bond donors (Lipinski definition) is 2. The summed E-state index contributed by atoms with van der Waals surface area (Å²) in [5.74, 6) is 0.671. The summed E-state index contributed by atoms with van der Waals surface area (Å²) in [5, 5.41) is 7.90. The summed E-state index contributed by atoms with van der Waals surface area (Å²) in [6.45, 7) is 6.57. The second kappa shape index (κ2) is 9.57. The molecule has 0 aliphatic carbocycles. The highest BCUT2D eigenvalue weighted by molar-refractivity contribution is 7.89. The van der Waals surface area contributed by atoms with Crippen molar-refractivity contribution in [2.75, 3.05) is 18.5 Å². The van der Waals surface area contributed by atoms with E-state index in [2.05, 4.69) is 12.2 Å². The van der Waals surface area contributed by atoms with Crippen LogP contribution in [0.3, 0.4) is 0 Å². The lowest BCUT2D eigenvalue weighted by molar-refractivity contribution is 0.102. The van der Waals surface area contributed by atoms with Gasteiger partial charge in [0, 0.05) is 11.3 Å². The van der Waals surface area contributed by atoms with Crippen LogP contribution >= 0.6 is 0 Å². The second-order valence-electron chi connectivity index (χ2n) is 6.28. The van der Waals surface area contributed by atoms with Gasteiger partial charge in [-0.1, -0.05) is 19.4 Å². The second-order valence-corrected chi connectivity index (χ2v) is 7.81. The highest BCUT2D eigenvalue weighted by Crippen LogP contribution is 2.29. The molecule has 0 aliphatic heterocycles. The average Bonchev–Trinajstić information content (AvgIpc) is 2.64. The maximum absolute atomic E-state index is 12.6. The molecule has 2 rings (SSSR count). The Morgan fingerprint density at radius 1 is 1.07 bits per heavy atom. The first kappa shape index (κ1) is 21.7. The Morgan fingerprint density at radius 3 is 2.46 bits per heavy atom. The summed E-state index contributed by atoms with van der Waals surface area (Å²) in [6, 6.07) is 9.48. The van der Waals surface area contributed by atoms with Crippen molar-refractivity contribution in [1.29, 1.82) is 0 Å². The van der Waals surface area contributed by atoms with Crippen molar-refractivity contribution in [3.63, 3.8) is 0 Å². The van der Waals surface area contributed by atoms with E-state index in [1.165, 1.54) is 6.07 Å². The summed E-state index contributed by atoms with van der Waals surface area (Å²) in [7, 11) is -3.88. The normalized spacial score (nSPS) is 11.1. The van der Waals surface area contributed by atoms with Gasteiger partial charge in [0.1, 0.15) is 0 Å². The number of rotatable bonds is 9. The molecule has 0 saturated heterocycles. The predicted molar refractivity (Wildman–Crippen MR) is 109 cm³/mol. The van der Waals surface area contributed by atoms with Crippen molar-refractivity contribution >= 4 is 21.6 Å². The van der Waals surface area contributed by atoms with Crippen LogP contribution in [0.1, 0.15) is 42.6 Å². The Bertz CT molecular complexity index is 942. The van der Waals surface area contributed by atoms with Gasteiger partial charge < -0.3 is 14.8 Å². The molecule has 0 atom stereocenters. The molecule has 2 aromatic carbocycles. The molecular weight excluding hydrogens is 380 g/mol. The van der Waals surface area contributed by atoms with E-state index in [-0.39, 0.29) is 4.90 Å². The Labute approximate surface area is 165 Å². The maximum Gasteiger partial charge on any atom is 0.255 e. The fraction of sp³-hybridized carbons (Fsp3) is 0.350. The molecule has 0 aromatic heterocycles. The van der Waals surface area contributed by atoms with E-state index in [4.69, 9.17) is 14.6 Å². The molecule has 0 unspecified atom stereocenters. The zero-order valence-electron chi connectivity index (χ0n) is 16.3. The summed E-state index contributed by atoms with van der Waals surface area (Å²) in [5.41, 5.74) is 1.21. The molecule has 7 nitrogen and oxygen atoms in total. The number of benzene rings is 2. The molecule has 28 heavy (non-hydrogen) atoms. The number of carbonyl (C=O) groups excluding carboxylic acids is 1. The van der Waals surface area contributed by atoms with E-state index >= 15 is 0 Å². The SMILES string of the molecule is CCCCOc1ccc(C(=O)Nc2ccc(C)c(S(N)(=O)=O)c2)cc1OCC. The van der Waals surface area contributed by atoms with Crippen LogP contribution in [-0.2, 0) is 10.0 Å². The fourth-order valence-electron chi connectivity index (χ4n) is 2.55. The molecule has 0 bridgehead atoms. The number of carbonyl (C=O) groups is 1. The van der Waals surface area contributed by atoms with Crippen LogP contribution in [0.5, 0.6) is 11.5 Å². The van der Waals surface area contributed by atoms with Crippen LogP contribution in [-0.4, -0.2) is 27.5 Å². The van der Waals surface area contributed by atoms with Crippen LogP contribution < -0.4 is 19.9 Å². The molecule has 8 heteroatoms. The van der Waals surface area contributed by atoms with Gasteiger partial charge in [0.2, 0.25) is 10.0 Å². The lowest BCUT2D eigenvalue weighted by Gasteiger charge is -2.14. The van der Waals surface area contributed by atoms with E-state index in [0.29, 0.717) is 41.5 Å². The largest absolute Gasteiger partial charge is 0.490 e. The summed E-state index contributed by atoms with van der Waals surface area (Å²) in [6.07, 6.45) is 1.94. The van der Waals surface area contributed by atoms with Crippen LogP contribution in [0.25, 0.3) is 0 Å². The van der Waals surface area contributed by atoms with Crippen molar-refractivity contribution < 1.29 is 22.7 Å².